The zero-order chi connectivity index (χ0) is 16.2. The van der Waals surface area contributed by atoms with Crippen LogP contribution in [0.25, 0.3) is 0 Å². The maximum Gasteiger partial charge on any atom is 0.0483 e. The van der Waals surface area contributed by atoms with Crippen molar-refractivity contribution < 1.29 is 9.84 Å². The molecule has 23 heavy (non-hydrogen) atoms. The summed E-state index contributed by atoms with van der Waals surface area (Å²) < 4.78 is 5.53. The minimum atomic E-state index is 0.0954. The predicted octanol–water partition coefficient (Wildman–Crippen LogP) is 3.41. The van der Waals surface area contributed by atoms with Gasteiger partial charge in [-0.05, 0) is 55.9 Å². The smallest absolute Gasteiger partial charge is 0.0483 e. The van der Waals surface area contributed by atoms with Gasteiger partial charge < -0.3 is 15.2 Å². The summed E-state index contributed by atoms with van der Waals surface area (Å²) in [6, 6.07) is 11.5. The Morgan fingerprint density at radius 1 is 1.09 bits per heavy atom. The Morgan fingerprint density at radius 3 is 2.35 bits per heavy atom. The van der Waals surface area contributed by atoms with E-state index in [9.17, 15) is 5.11 Å². The molecule has 1 saturated heterocycles. The van der Waals surface area contributed by atoms with Crippen molar-refractivity contribution in [3.63, 3.8) is 0 Å². The average Bonchev–Trinajstić information content (AvgIpc) is 2.59. The summed E-state index contributed by atoms with van der Waals surface area (Å²) in [6.45, 7) is 4.32. The molecule has 1 aromatic carbocycles. The van der Waals surface area contributed by atoms with Crippen LogP contribution in [-0.4, -0.2) is 36.5 Å². The van der Waals surface area contributed by atoms with Gasteiger partial charge in [-0.2, -0.15) is 0 Å². The fourth-order valence-electron chi connectivity index (χ4n) is 4.40. The van der Waals surface area contributed by atoms with Crippen LogP contribution in [0.15, 0.2) is 30.3 Å². The fourth-order valence-corrected chi connectivity index (χ4v) is 4.40. The summed E-state index contributed by atoms with van der Waals surface area (Å²) >= 11 is 0. The fraction of sp³-hybridized carbons (Fsp3) is 0.700. The molecular weight excluding hydrogens is 286 g/mol. The number of aliphatic hydroxyl groups excluding tert-OH is 1. The molecule has 2 aliphatic rings. The van der Waals surface area contributed by atoms with Crippen LogP contribution < -0.4 is 5.32 Å². The normalized spacial score (nSPS) is 31.0. The zero-order valence-electron chi connectivity index (χ0n) is 14.4. The number of hydrogen-bond acceptors (Lipinski definition) is 3. The molecule has 128 valence electrons. The Kier molecular flexibility index (Phi) is 5.40. The molecule has 0 aromatic heterocycles. The summed E-state index contributed by atoms with van der Waals surface area (Å²) in [6.07, 6.45) is 7.82. The third kappa shape index (κ3) is 3.96. The standard InChI is InChI=1S/C20H31NO2/c1-19(17-5-3-2-4-6-17)9-7-18(8-10-19)21-20(11-14-22)12-15-23-16-13-20/h2-6,18,21-22H,7-16H2,1H3. The van der Waals surface area contributed by atoms with E-state index in [4.69, 9.17) is 4.74 Å². The van der Waals surface area contributed by atoms with E-state index in [0.717, 1.165) is 32.5 Å². The van der Waals surface area contributed by atoms with Gasteiger partial charge in [-0.1, -0.05) is 37.3 Å². The van der Waals surface area contributed by atoms with Crippen molar-refractivity contribution in [3.05, 3.63) is 35.9 Å². The predicted molar refractivity (Wildman–Crippen MR) is 93.7 cm³/mol. The maximum atomic E-state index is 9.46. The first-order chi connectivity index (χ1) is 11.2. The Labute approximate surface area is 140 Å². The van der Waals surface area contributed by atoms with Crippen LogP contribution in [0.5, 0.6) is 0 Å². The van der Waals surface area contributed by atoms with E-state index in [2.05, 4.69) is 42.6 Å². The number of ether oxygens (including phenoxy) is 1. The molecule has 0 bridgehead atoms. The molecule has 0 unspecified atom stereocenters. The van der Waals surface area contributed by atoms with E-state index in [1.54, 1.807) is 0 Å². The van der Waals surface area contributed by atoms with Crippen LogP contribution >= 0.6 is 0 Å². The average molecular weight is 317 g/mol. The number of rotatable bonds is 5. The third-order valence-electron chi connectivity index (χ3n) is 6.11. The molecule has 2 N–H and O–H groups in total. The molecule has 0 atom stereocenters. The van der Waals surface area contributed by atoms with Crippen molar-refractivity contribution in [2.24, 2.45) is 0 Å². The summed E-state index contributed by atoms with van der Waals surface area (Å²) in [4.78, 5) is 0. The molecule has 3 rings (SSSR count). The first-order valence-electron chi connectivity index (χ1n) is 9.18. The van der Waals surface area contributed by atoms with Gasteiger partial charge >= 0.3 is 0 Å². The second kappa shape index (κ2) is 7.33. The summed E-state index contributed by atoms with van der Waals surface area (Å²) in [5.41, 5.74) is 1.90. The van der Waals surface area contributed by atoms with Gasteiger partial charge in [0.15, 0.2) is 0 Å². The topological polar surface area (TPSA) is 41.5 Å². The second-order valence-corrected chi connectivity index (χ2v) is 7.71. The van der Waals surface area contributed by atoms with Gasteiger partial charge in [-0.15, -0.1) is 0 Å². The number of benzene rings is 1. The van der Waals surface area contributed by atoms with Crippen LogP contribution in [0.4, 0.5) is 0 Å². The molecule has 1 heterocycles. The van der Waals surface area contributed by atoms with Crippen molar-refractivity contribution >= 4 is 0 Å². The largest absolute Gasteiger partial charge is 0.396 e. The minimum absolute atomic E-state index is 0.0954. The van der Waals surface area contributed by atoms with Gasteiger partial charge in [0.1, 0.15) is 0 Å². The van der Waals surface area contributed by atoms with Gasteiger partial charge in [0, 0.05) is 31.4 Å². The quantitative estimate of drug-likeness (QED) is 0.874. The zero-order valence-corrected chi connectivity index (χ0v) is 14.4. The van der Waals surface area contributed by atoms with Crippen LogP contribution in [0, 0.1) is 0 Å². The number of aliphatic hydroxyl groups is 1. The third-order valence-corrected chi connectivity index (χ3v) is 6.11. The SMILES string of the molecule is CC1(c2ccccc2)CCC(NC2(CCO)CCOCC2)CC1. The van der Waals surface area contributed by atoms with Crippen molar-refractivity contribution in [1.29, 1.82) is 0 Å². The molecule has 3 heteroatoms. The van der Waals surface area contributed by atoms with Gasteiger partial charge in [0.05, 0.1) is 0 Å². The highest BCUT2D eigenvalue weighted by Crippen LogP contribution is 2.40. The van der Waals surface area contributed by atoms with Crippen LogP contribution in [0.3, 0.4) is 0 Å². The Bertz CT molecular complexity index is 468. The van der Waals surface area contributed by atoms with E-state index in [0.29, 0.717) is 11.5 Å². The lowest BCUT2D eigenvalue weighted by Crippen LogP contribution is -2.55. The lowest BCUT2D eigenvalue weighted by Gasteiger charge is -2.45. The Morgan fingerprint density at radius 2 is 1.74 bits per heavy atom. The van der Waals surface area contributed by atoms with Gasteiger partial charge in [-0.3, -0.25) is 0 Å². The lowest BCUT2D eigenvalue weighted by molar-refractivity contribution is 0.0185. The van der Waals surface area contributed by atoms with Crippen LogP contribution in [0.1, 0.15) is 57.4 Å². The second-order valence-electron chi connectivity index (χ2n) is 7.71. The molecule has 1 aliphatic carbocycles. The highest BCUT2D eigenvalue weighted by molar-refractivity contribution is 5.25. The monoisotopic (exact) mass is 317 g/mol. The molecule has 3 nitrogen and oxygen atoms in total. The molecular formula is C20H31NO2. The summed E-state index contributed by atoms with van der Waals surface area (Å²) in [7, 11) is 0. The highest BCUT2D eigenvalue weighted by atomic mass is 16.5. The van der Waals surface area contributed by atoms with E-state index in [1.165, 1.54) is 31.2 Å². The summed E-state index contributed by atoms with van der Waals surface area (Å²) in [5, 5.41) is 13.4. The van der Waals surface area contributed by atoms with Crippen molar-refractivity contribution in [1.82, 2.24) is 5.32 Å². The molecule has 1 aromatic rings. The van der Waals surface area contributed by atoms with E-state index in [-0.39, 0.29) is 12.1 Å². The molecule has 1 aliphatic heterocycles. The molecule has 0 amide bonds. The van der Waals surface area contributed by atoms with Gasteiger partial charge in [0.2, 0.25) is 0 Å². The summed E-state index contributed by atoms with van der Waals surface area (Å²) in [5.74, 6) is 0. The maximum absolute atomic E-state index is 9.46. The van der Waals surface area contributed by atoms with Gasteiger partial charge in [0.25, 0.3) is 0 Å². The highest BCUT2D eigenvalue weighted by Gasteiger charge is 2.38. The number of hydrogen-bond donors (Lipinski definition) is 2. The molecule has 2 fully saturated rings. The number of nitrogens with one attached hydrogen (secondary N) is 1. The van der Waals surface area contributed by atoms with E-state index >= 15 is 0 Å². The van der Waals surface area contributed by atoms with Gasteiger partial charge in [-0.25, -0.2) is 0 Å². The van der Waals surface area contributed by atoms with Crippen molar-refractivity contribution in [2.75, 3.05) is 19.8 Å². The van der Waals surface area contributed by atoms with E-state index < -0.39 is 0 Å². The first kappa shape index (κ1) is 16.9. The lowest BCUT2D eigenvalue weighted by atomic mass is 9.69. The van der Waals surface area contributed by atoms with Crippen LogP contribution in [-0.2, 0) is 10.2 Å². The van der Waals surface area contributed by atoms with Crippen molar-refractivity contribution in [3.8, 4) is 0 Å². The van der Waals surface area contributed by atoms with Crippen LogP contribution in [0.2, 0.25) is 0 Å². The Hall–Kier alpha value is -0.900. The van der Waals surface area contributed by atoms with Crippen molar-refractivity contribution in [2.45, 2.75) is 68.9 Å². The first-order valence-corrected chi connectivity index (χ1v) is 9.18. The minimum Gasteiger partial charge on any atom is -0.396 e. The molecule has 1 saturated carbocycles. The van der Waals surface area contributed by atoms with E-state index in [1.807, 2.05) is 0 Å². The molecule has 0 radical (unpaired) electrons. The Balaban J connectivity index is 1.60. The molecule has 0 spiro atoms.